The zero-order chi connectivity index (χ0) is 16.7. The summed E-state index contributed by atoms with van der Waals surface area (Å²) in [6, 6.07) is 15.4. The number of carbonyl (C=O) groups excluding carboxylic acids is 1. The third-order valence-corrected chi connectivity index (χ3v) is 3.87. The van der Waals surface area contributed by atoms with E-state index in [4.69, 9.17) is 11.6 Å². The second-order valence-corrected chi connectivity index (χ2v) is 5.49. The summed E-state index contributed by atoms with van der Waals surface area (Å²) in [5.74, 6) is -0.203. The molecule has 0 spiro atoms. The van der Waals surface area contributed by atoms with Crippen LogP contribution in [0.25, 0.3) is 0 Å². The average Bonchev–Trinajstić information content (AvgIpc) is 2.58. The summed E-state index contributed by atoms with van der Waals surface area (Å²) in [6.07, 6.45) is 0.741. The lowest BCUT2D eigenvalue weighted by Gasteiger charge is -2.10. The second-order valence-electron chi connectivity index (χ2n) is 5.08. The van der Waals surface area contributed by atoms with E-state index in [-0.39, 0.29) is 12.5 Å². The molecule has 0 atom stereocenters. The van der Waals surface area contributed by atoms with Gasteiger partial charge in [-0.15, -0.1) is 0 Å². The number of nitrogens with zero attached hydrogens (tertiary/aromatic N) is 1. The Hall–Kier alpha value is -2.33. The molecule has 2 aromatic rings. The molecule has 0 saturated heterocycles. The van der Waals surface area contributed by atoms with Gasteiger partial charge in [0.1, 0.15) is 0 Å². The predicted molar refractivity (Wildman–Crippen MR) is 96.1 cm³/mol. The third-order valence-electron chi connectivity index (χ3n) is 3.46. The number of benzene rings is 2. The van der Waals surface area contributed by atoms with E-state index in [0.717, 1.165) is 28.9 Å². The fourth-order valence-corrected chi connectivity index (χ4v) is 2.30. The molecule has 0 aliphatic carbocycles. The lowest BCUT2D eigenvalue weighted by Crippen LogP contribution is -2.27. The molecule has 0 aromatic heterocycles. The number of anilines is 1. The molecule has 0 bridgehead atoms. The van der Waals surface area contributed by atoms with Gasteiger partial charge in [0.05, 0.1) is 12.3 Å². The van der Waals surface area contributed by atoms with E-state index in [1.54, 1.807) is 0 Å². The normalized spacial score (nSPS) is 11.2. The van der Waals surface area contributed by atoms with Crippen molar-refractivity contribution >= 4 is 28.9 Å². The van der Waals surface area contributed by atoms with Crippen LogP contribution < -0.4 is 10.7 Å². The molecule has 2 rings (SSSR count). The Morgan fingerprint density at radius 3 is 2.57 bits per heavy atom. The molecule has 4 nitrogen and oxygen atoms in total. The Morgan fingerprint density at radius 2 is 1.87 bits per heavy atom. The van der Waals surface area contributed by atoms with Crippen LogP contribution in [0.1, 0.15) is 24.5 Å². The number of hydrazone groups is 1. The second kappa shape index (κ2) is 8.34. The van der Waals surface area contributed by atoms with Crippen molar-refractivity contribution in [3.05, 3.63) is 64.7 Å². The van der Waals surface area contributed by atoms with E-state index in [1.165, 1.54) is 0 Å². The summed E-state index contributed by atoms with van der Waals surface area (Å²) >= 11 is 6.06. The van der Waals surface area contributed by atoms with Gasteiger partial charge in [0.25, 0.3) is 5.91 Å². The summed E-state index contributed by atoms with van der Waals surface area (Å²) in [7, 11) is 0. The molecule has 120 valence electrons. The molecular weight excluding hydrogens is 310 g/mol. The Kier molecular flexibility index (Phi) is 6.18. The van der Waals surface area contributed by atoms with Crippen LogP contribution in [0.2, 0.25) is 5.02 Å². The average molecular weight is 330 g/mol. The molecule has 0 heterocycles. The van der Waals surface area contributed by atoms with Gasteiger partial charge in [-0.05, 0) is 36.6 Å². The van der Waals surface area contributed by atoms with Crippen LogP contribution in [0.15, 0.2) is 53.6 Å². The molecule has 0 fully saturated rings. The highest BCUT2D eigenvalue weighted by Gasteiger charge is 2.05. The minimum absolute atomic E-state index is 0.135. The Balaban J connectivity index is 1.94. The molecule has 0 aliphatic heterocycles. The van der Waals surface area contributed by atoms with Crippen molar-refractivity contribution in [1.82, 2.24) is 5.43 Å². The number of halogens is 1. The molecule has 0 radical (unpaired) electrons. The number of amides is 1. The minimum Gasteiger partial charge on any atom is -0.376 e. The van der Waals surface area contributed by atoms with Crippen molar-refractivity contribution < 1.29 is 4.79 Å². The van der Waals surface area contributed by atoms with E-state index in [0.29, 0.717) is 5.02 Å². The molecule has 1 amide bonds. The molecule has 2 aromatic carbocycles. The highest BCUT2D eigenvalue weighted by Crippen LogP contribution is 2.22. The van der Waals surface area contributed by atoms with Gasteiger partial charge in [-0.2, -0.15) is 5.10 Å². The number of carbonyl (C=O) groups is 1. The lowest BCUT2D eigenvalue weighted by molar-refractivity contribution is -0.119. The van der Waals surface area contributed by atoms with Gasteiger partial charge in [-0.1, -0.05) is 54.9 Å². The first kappa shape index (κ1) is 17.0. The topological polar surface area (TPSA) is 53.5 Å². The Labute approximate surface area is 141 Å². The highest BCUT2D eigenvalue weighted by molar-refractivity contribution is 6.31. The molecule has 2 N–H and O–H groups in total. The summed E-state index contributed by atoms with van der Waals surface area (Å²) in [4.78, 5) is 12.0. The van der Waals surface area contributed by atoms with Gasteiger partial charge in [0.2, 0.25) is 0 Å². The van der Waals surface area contributed by atoms with Crippen molar-refractivity contribution in [2.24, 2.45) is 5.10 Å². The smallest absolute Gasteiger partial charge is 0.259 e. The SMILES string of the molecule is CCC(=NNC(=O)CNc1cccc(Cl)c1C)c1ccccc1. The molecule has 23 heavy (non-hydrogen) atoms. The van der Waals surface area contributed by atoms with Gasteiger partial charge < -0.3 is 5.32 Å². The zero-order valence-electron chi connectivity index (χ0n) is 13.3. The van der Waals surface area contributed by atoms with Crippen LogP contribution in [0.4, 0.5) is 5.69 Å². The maximum Gasteiger partial charge on any atom is 0.259 e. The number of hydrogen-bond donors (Lipinski definition) is 2. The van der Waals surface area contributed by atoms with Crippen molar-refractivity contribution in [2.75, 3.05) is 11.9 Å². The van der Waals surface area contributed by atoms with Crippen molar-refractivity contribution in [1.29, 1.82) is 0 Å². The molecule has 5 heteroatoms. The van der Waals surface area contributed by atoms with Crippen LogP contribution in [-0.4, -0.2) is 18.2 Å². The monoisotopic (exact) mass is 329 g/mol. The standard InChI is InChI=1S/C18H20ClN3O/c1-3-16(14-8-5-4-6-9-14)21-22-18(23)12-20-17-11-7-10-15(19)13(17)2/h4-11,20H,3,12H2,1-2H3,(H,22,23). The van der Waals surface area contributed by atoms with E-state index >= 15 is 0 Å². The van der Waals surface area contributed by atoms with E-state index in [1.807, 2.05) is 62.4 Å². The maximum absolute atomic E-state index is 12.0. The first-order valence-corrected chi connectivity index (χ1v) is 7.89. The number of hydrogen-bond acceptors (Lipinski definition) is 3. The van der Waals surface area contributed by atoms with Crippen LogP contribution in [0.5, 0.6) is 0 Å². The van der Waals surface area contributed by atoms with Gasteiger partial charge in [0.15, 0.2) is 0 Å². The van der Waals surface area contributed by atoms with Gasteiger partial charge in [-0.25, -0.2) is 5.43 Å². The third kappa shape index (κ3) is 4.83. The fourth-order valence-electron chi connectivity index (χ4n) is 2.12. The van der Waals surface area contributed by atoms with E-state index in [2.05, 4.69) is 15.8 Å². The summed E-state index contributed by atoms with van der Waals surface area (Å²) < 4.78 is 0. The lowest BCUT2D eigenvalue weighted by atomic mass is 10.1. The largest absolute Gasteiger partial charge is 0.376 e. The van der Waals surface area contributed by atoms with E-state index in [9.17, 15) is 4.79 Å². The molecular formula is C18H20ClN3O. The summed E-state index contributed by atoms with van der Waals surface area (Å²) in [5, 5.41) is 7.96. The van der Waals surface area contributed by atoms with Gasteiger partial charge in [0, 0.05) is 10.7 Å². The van der Waals surface area contributed by atoms with Crippen LogP contribution in [0, 0.1) is 6.92 Å². The maximum atomic E-state index is 12.0. The Morgan fingerprint density at radius 1 is 1.13 bits per heavy atom. The van der Waals surface area contributed by atoms with Crippen molar-refractivity contribution in [3.8, 4) is 0 Å². The first-order chi connectivity index (χ1) is 11.1. The first-order valence-electron chi connectivity index (χ1n) is 7.51. The summed E-state index contributed by atoms with van der Waals surface area (Å²) in [6.45, 7) is 4.05. The fraction of sp³-hybridized carbons (Fsp3) is 0.222. The van der Waals surface area contributed by atoms with Crippen LogP contribution in [0.3, 0.4) is 0 Å². The molecule has 0 unspecified atom stereocenters. The van der Waals surface area contributed by atoms with Crippen LogP contribution in [-0.2, 0) is 4.79 Å². The molecule has 0 saturated carbocycles. The molecule has 0 aliphatic rings. The quantitative estimate of drug-likeness (QED) is 0.622. The van der Waals surface area contributed by atoms with Gasteiger partial charge >= 0.3 is 0 Å². The minimum atomic E-state index is -0.203. The predicted octanol–water partition coefficient (Wildman–Crippen LogP) is 3.99. The van der Waals surface area contributed by atoms with Crippen molar-refractivity contribution in [3.63, 3.8) is 0 Å². The van der Waals surface area contributed by atoms with Crippen LogP contribution >= 0.6 is 11.6 Å². The van der Waals surface area contributed by atoms with Gasteiger partial charge in [-0.3, -0.25) is 4.79 Å². The zero-order valence-corrected chi connectivity index (χ0v) is 14.0. The summed E-state index contributed by atoms with van der Waals surface area (Å²) in [5.41, 5.74) is 6.21. The Bertz CT molecular complexity index is 699. The number of nitrogens with one attached hydrogen (secondary N) is 2. The van der Waals surface area contributed by atoms with Crippen molar-refractivity contribution in [2.45, 2.75) is 20.3 Å². The number of rotatable bonds is 6. The highest BCUT2D eigenvalue weighted by atomic mass is 35.5. The van der Waals surface area contributed by atoms with E-state index < -0.39 is 0 Å².